The summed E-state index contributed by atoms with van der Waals surface area (Å²) in [7, 11) is 0. The van der Waals surface area contributed by atoms with Crippen molar-refractivity contribution in [3.05, 3.63) is 65.2 Å². The van der Waals surface area contributed by atoms with Crippen LogP contribution >= 0.6 is 0 Å². The van der Waals surface area contributed by atoms with Crippen molar-refractivity contribution in [1.82, 2.24) is 5.32 Å². The van der Waals surface area contributed by atoms with Gasteiger partial charge in [-0.25, -0.2) is 0 Å². The van der Waals surface area contributed by atoms with Gasteiger partial charge in [-0.3, -0.25) is 9.59 Å². The molecule has 0 spiro atoms. The van der Waals surface area contributed by atoms with Crippen LogP contribution in [0.5, 0.6) is 0 Å². The maximum atomic E-state index is 12.3. The lowest BCUT2D eigenvalue weighted by atomic mass is 10.0. The normalized spacial score (nSPS) is 10.6. The second kappa shape index (κ2) is 8.47. The van der Waals surface area contributed by atoms with Gasteiger partial charge in [0.1, 0.15) is 6.54 Å². The maximum absolute atomic E-state index is 12.3. The van der Waals surface area contributed by atoms with Gasteiger partial charge in [0.25, 0.3) is 0 Å². The zero-order chi connectivity index (χ0) is 18.4. The molecule has 2 amide bonds. The third-order valence-electron chi connectivity index (χ3n) is 4.13. The molecule has 0 aliphatic carbocycles. The van der Waals surface area contributed by atoms with E-state index in [1.165, 1.54) is 17.4 Å². The number of nitrogens with one attached hydrogen (secondary N) is 1. The Bertz CT molecular complexity index is 736. The van der Waals surface area contributed by atoms with Crippen LogP contribution < -0.4 is 10.2 Å². The second-order valence-corrected chi connectivity index (χ2v) is 6.62. The van der Waals surface area contributed by atoms with Gasteiger partial charge in [-0.1, -0.05) is 55.8 Å². The maximum Gasteiger partial charge on any atom is 0.240 e. The first kappa shape index (κ1) is 18.7. The van der Waals surface area contributed by atoms with Crippen LogP contribution in [0.4, 0.5) is 5.69 Å². The van der Waals surface area contributed by atoms with Crippen LogP contribution in [0, 0.1) is 6.92 Å². The first-order valence-corrected chi connectivity index (χ1v) is 8.57. The third-order valence-corrected chi connectivity index (χ3v) is 4.13. The molecule has 0 radical (unpaired) electrons. The first-order chi connectivity index (χ1) is 11.9. The summed E-state index contributed by atoms with van der Waals surface area (Å²) in [6.45, 7) is 8.21. The van der Waals surface area contributed by atoms with E-state index < -0.39 is 0 Å². The summed E-state index contributed by atoms with van der Waals surface area (Å²) in [5.74, 6) is 0.102. The van der Waals surface area contributed by atoms with E-state index in [9.17, 15) is 9.59 Å². The Morgan fingerprint density at radius 2 is 1.76 bits per heavy atom. The molecule has 0 bridgehead atoms. The fraction of sp³-hybridized carbons (Fsp3) is 0.333. The highest BCUT2D eigenvalue weighted by Gasteiger charge is 2.16. The van der Waals surface area contributed by atoms with E-state index in [1.807, 2.05) is 55.5 Å². The number of anilines is 1. The van der Waals surface area contributed by atoms with Crippen LogP contribution in [0.25, 0.3) is 0 Å². The molecular weight excluding hydrogens is 312 g/mol. The van der Waals surface area contributed by atoms with Gasteiger partial charge in [-0.15, -0.1) is 0 Å². The van der Waals surface area contributed by atoms with Gasteiger partial charge in [0.15, 0.2) is 0 Å². The SMILES string of the molecule is CC(=O)N(CC(=O)NCc1cccc(C)c1)c1ccc(C(C)C)cc1. The topological polar surface area (TPSA) is 49.4 Å². The Hall–Kier alpha value is -2.62. The largest absolute Gasteiger partial charge is 0.350 e. The van der Waals surface area contributed by atoms with Crippen LogP contribution in [-0.2, 0) is 16.1 Å². The minimum Gasteiger partial charge on any atom is -0.350 e. The summed E-state index contributed by atoms with van der Waals surface area (Å²) in [5.41, 5.74) is 4.14. The highest BCUT2D eigenvalue weighted by atomic mass is 16.2. The van der Waals surface area contributed by atoms with Crippen molar-refractivity contribution in [1.29, 1.82) is 0 Å². The van der Waals surface area contributed by atoms with Crippen molar-refractivity contribution in [2.75, 3.05) is 11.4 Å². The van der Waals surface area contributed by atoms with Gasteiger partial charge in [-0.2, -0.15) is 0 Å². The highest BCUT2D eigenvalue weighted by molar-refractivity contribution is 5.97. The molecule has 0 aliphatic heterocycles. The van der Waals surface area contributed by atoms with Gasteiger partial charge >= 0.3 is 0 Å². The molecule has 4 heteroatoms. The van der Waals surface area contributed by atoms with E-state index in [0.29, 0.717) is 12.5 Å². The summed E-state index contributed by atoms with van der Waals surface area (Å²) in [5, 5.41) is 2.88. The number of benzene rings is 2. The fourth-order valence-corrected chi connectivity index (χ4v) is 2.65. The molecule has 0 unspecified atom stereocenters. The Labute approximate surface area is 149 Å². The molecule has 0 aliphatic rings. The molecule has 0 heterocycles. The Balaban J connectivity index is 2.00. The van der Waals surface area contributed by atoms with Gasteiger partial charge < -0.3 is 10.2 Å². The number of hydrogen-bond acceptors (Lipinski definition) is 2. The molecule has 0 atom stereocenters. The van der Waals surface area contributed by atoms with Crippen LogP contribution in [0.3, 0.4) is 0 Å². The lowest BCUT2D eigenvalue weighted by Crippen LogP contribution is -2.39. The lowest BCUT2D eigenvalue weighted by Gasteiger charge is -2.21. The van der Waals surface area contributed by atoms with Crippen molar-refractivity contribution < 1.29 is 9.59 Å². The van der Waals surface area contributed by atoms with E-state index in [-0.39, 0.29) is 18.4 Å². The van der Waals surface area contributed by atoms with E-state index in [2.05, 4.69) is 19.2 Å². The monoisotopic (exact) mass is 338 g/mol. The van der Waals surface area contributed by atoms with Crippen LogP contribution in [0.1, 0.15) is 43.4 Å². The predicted molar refractivity (Wildman–Crippen MR) is 102 cm³/mol. The van der Waals surface area contributed by atoms with Gasteiger partial charge in [0.2, 0.25) is 11.8 Å². The fourth-order valence-electron chi connectivity index (χ4n) is 2.65. The molecule has 2 aromatic rings. The number of amides is 2. The van der Waals surface area contributed by atoms with E-state index in [4.69, 9.17) is 0 Å². The van der Waals surface area contributed by atoms with Crippen molar-refractivity contribution in [3.8, 4) is 0 Å². The highest BCUT2D eigenvalue weighted by Crippen LogP contribution is 2.20. The average Bonchev–Trinajstić information content (AvgIpc) is 2.58. The summed E-state index contributed by atoms with van der Waals surface area (Å²) in [6, 6.07) is 15.8. The van der Waals surface area contributed by atoms with Gasteiger partial charge in [0.05, 0.1) is 0 Å². The molecule has 0 saturated carbocycles. The smallest absolute Gasteiger partial charge is 0.240 e. The standard InChI is InChI=1S/C21H26N2O2/c1-15(2)19-8-10-20(11-9-19)23(17(4)24)14-21(25)22-13-18-7-5-6-16(3)12-18/h5-12,15H,13-14H2,1-4H3,(H,22,25). The van der Waals surface area contributed by atoms with Crippen molar-refractivity contribution in [2.45, 2.75) is 40.2 Å². The second-order valence-electron chi connectivity index (χ2n) is 6.62. The number of nitrogens with zero attached hydrogens (tertiary/aromatic N) is 1. The van der Waals surface area contributed by atoms with Crippen LogP contribution in [0.2, 0.25) is 0 Å². The molecule has 25 heavy (non-hydrogen) atoms. The number of carbonyl (C=O) groups excluding carboxylic acids is 2. The molecule has 0 fully saturated rings. The molecule has 2 rings (SSSR count). The summed E-state index contributed by atoms with van der Waals surface area (Å²) >= 11 is 0. The first-order valence-electron chi connectivity index (χ1n) is 8.57. The van der Waals surface area contributed by atoms with Crippen LogP contribution in [-0.4, -0.2) is 18.4 Å². The number of rotatable bonds is 6. The minimum absolute atomic E-state index is 0.0160. The Morgan fingerprint density at radius 1 is 1.08 bits per heavy atom. The predicted octanol–water partition coefficient (Wildman–Crippen LogP) is 3.79. The Morgan fingerprint density at radius 3 is 2.32 bits per heavy atom. The molecule has 132 valence electrons. The quantitative estimate of drug-likeness (QED) is 0.871. The lowest BCUT2D eigenvalue weighted by molar-refractivity contribution is -0.123. The number of aryl methyl sites for hydroxylation is 1. The van der Waals surface area contributed by atoms with E-state index in [0.717, 1.165) is 16.8 Å². The zero-order valence-electron chi connectivity index (χ0n) is 15.4. The van der Waals surface area contributed by atoms with Gasteiger partial charge in [-0.05, 0) is 36.1 Å². The third kappa shape index (κ3) is 5.45. The molecule has 2 aromatic carbocycles. The zero-order valence-corrected chi connectivity index (χ0v) is 15.4. The number of hydrogen-bond donors (Lipinski definition) is 1. The van der Waals surface area contributed by atoms with Gasteiger partial charge in [0, 0.05) is 19.2 Å². The van der Waals surface area contributed by atoms with E-state index >= 15 is 0 Å². The molecule has 4 nitrogen and oxygen atoms in total. The summed E-state index contributed by atoms with van der Waals surface area (Å²) < 4.78 is 0. The van der Waals surface area contributed by atoms with Crippen molar-refractivity contribution >= 4 is 17.5 Å². The average molecular weight is 338 g/mol. The molecule has 0 aromatic heterocycles. The summed E-state index contributed by atoms with van der Waals surface area (Å²) in [4.78, 5) is 25.7. The molecule has 0 saturated heterocycles. The van der Waals surface area contributed by atoms with Crippen LogP contribution in [0.15, 0.2) is 48.5 Å². The number of carbonyl (C=O) groups is 2. The Kier molecular flexibility index (Phi) is 6.34. The molecule has 1 N–H and O–H groups in total. The van der Waals surface area contributed by atoms with Crippen molar-refractivity contribution in [2.24, 2.45) is 0 Å². The minimum atomic E-state index is -0.176. The van der Waals surface area contributed by atoms with Crippen molar-refractivity contribution in [3.63, 3.8) is 0 Å². The molecular formula is C21H26N2O2. The van der Waals surface area contributed by atoms with E-state index in [1.54, 1.807) is 0 Å². The summed E-state index contributed by atoms with van der Waals surface area (Å²) in [6.07, 6.45) is 0.